The number of rotatable bonds is 4. The van der Waals surface area contributed by atoms with E-state index >= 15 is 0 Å². The molecule has 1 unspecified atom stereocenters. The lowest BCUT2D eigenvalue weighted by molar-refractivity contribution is -0.125. The number of carbonyl (C=O) groups is 2. The number of carboxylic acid groups (broad SMARTS) is 1. The Balaban J connectivity index is 2.33. The zero-order chi connectivity index (χ0) is 13.9. The van der Waals surface area contributed by atoms with Gasteiger partial charge in [0.2, 0.25) is 5.91 Å². The van der Waals surface area contributed by atoms with Crippen LogP contribution in [0.25, 0.3) is 0 Å². The quantitative estimate of drug-likeness (QED) is 0.741. The maximum Gasteiger partial charge on any atom is 0.409 e. The summed E-state index contributed by atoms with van der Waals surface area (Å²) in [5.74, 6) is -0.182. The molecule has 2 heterocycles. The summed E-state index contributed by atoms with van der Waals surface area (Å²) in [7, 11) is 0. The largest absolute Gasteiger partial charge is 0.465 e. The number of aromatic amines is 1. The highest BCUT2D eigenvalue weighted by Crippen LogP contribution is 2.35. The minimum Gasteiger partial charge on any atom is -0.465 e. The van der Waals surface area contributed by atoms with Crippen molar-refractivity contribution >= 4 is 12.0 Å². The van der Waals surface area contributed by atoms with Gasteiger partial charge in [-0.05, 0) is 19.3 Å². The molecule has 1 saturated heterocycles. The summed E-state index contributed by atoms with van der Waals surface area (Å²) in [6.07, 6.45) is 2.61. The van der Waals surface area contributed by atoms with Crippen LogP contribution in [0.2, 0.25) is 0 Å². The van der Waals surface area contributed by atoms with E-state index in [0.717, 1.165) is 0 Å². The fourth-order valence-electron chi connectivity index (χ4n) is 2.46. The van der Waals surface area contributed by atoms with Gasteiger partial charge in [0, 0.05) is 13.0 Å². The van der Waals surface area contributed by atoms with Crippen LogP contribution in [-0.2, 0) is 10.5 Å². The van der Waals surface area contributed by atoms with Gasteiger partial charge in [0.25, 0.3) is 0 Å². The fraction of sp³-hybridized carbons (Fsp3) is 0.636. The molecular formula is C11H17N5O3. The number of likely N-dealkylation sites (tertiary alicyclic amines) is 1. The Labute approximate surface area is 110 Å². The molecule has 0 aliphatic carbocycles. The number of hydrogen-bond donors (Lipinski definition) is 3. The monoisotopic (exact) mass is 267 g/mol. The maximum absolute atomic E-state index is 11.9. The average molecular weight is 267 g/mol. The molecule has 1 aliphatic rings. The van der Waals surface area contributed by atoms with Gasteiger partial charge in [-0.25, -0.2) is 4.79 Å². The van der Waals surface area contributed by atoms with E-state index in [1.165, 1.54) is 11.1 Å². The second-order valence-electron chi connectivity index (χ2n) is 4.55. The van der Waals surface area contributed by atoms with Crippen molar-refractivity contribution in [3.8, 4) is 0 Å². The molecule has 19 heavy (non-hydrogen) atoms. The maximum atomic E-state index is 11.9. The van der Waals surface area contributed by atoms with Gasteiger partial charge >= 0.3 is 6.09 Å². The minimum atomic E-state index is -1.09. The Kier molecular flexibility index (Phi) is 3.68. The lowest BCUT2D eigenvalue weighted by atomic mass is 10.0. The molecule has 2 rings (SSSR count). The second-order valence-corrected chi connectivity index (χ2v) is 4.55. The van der Waals surface area contributed by atoms with Crippen LogP contribution in [0.4, 0.5) is 4.79 Å². The van der Waals surface area contributed by atoms with Crippen LogP contribution >= 0.6 is 0 Å². The molecule has 0 bridgehead atoms. The third kappa shape index (κ3) is 2.38. The van der Waals surface area contributed by atoms with Crippen molar-refractivity contribution in [2.75, 3.05) is 6.54 Å². The molecule has 1 aliphatic heterocycles. The average Bonchev–Trinajstić information content (AvgIpc) is 2.96. The highest BCUT2D eigenvalue weighted by Gasteiger charge is 2.48. The van der Waals surface area contributed by atoms with Gasteiger partial charge in [-0.3, -0.25) is 9.69 Å². The normalized spacial score (nSPS) is 22.5. The van der Waals surface area contributed by atoms with E-state index in [2.05, 4.69) is 20.7 Å². The smallest absolute Gasteiger partial charge is 0.409 e. The molecule has 104 valence electrons. The van der Waals surface area contributed by atoms with Crippen molar-refractivity contribution < 1.29 is 14.7 Å². The molecule has 1 aromatic rings. The van der Waals surface area contributed by atoms with Crippen LogP contribution < -0.4 is 5.32 Å². The fourth-order valence-corrected chi connectivity index (χ4v) is 2.46. The minimum absolute atomic E-state index is 0.182. The van der Waals surface area contributed by atoms with Gasteiger partial charge in [-0.2, -0.15) is 15.4 Å². The molecule has 3 N–H and O–H groups in total. The molecule has 8 heteroatoms. The SMILES string of the molecule is CCCC(=O)NC1(c2cn[nH]n2)CCCN1C(=O)O. The molecule has 0 saturated carbocycles. The van der Waals surface area contributed by atoms with Crippen molar-refractivity contribution in [2.24, 2.45) is 0 Å². The van der Waals surface area contributed by atoms with Crippen molar-refractivity contribution in [3.63, 3.8) is 0 Å². The summed E-state index contributed by atoms with van der Waals surface area (Å²) in [5, 5.41) is 22.3. The zero-order valence-corrected chi connectivity index (χ0v) is 10.7. The van der Waals surface area contributed by atoms with Crippen molar-refractivity contribution in [1.82, 2.24) is 25.6 Å². The van der Waals surface area contributed by atoms with Crippen molar-refractivity contribution in [1.29, 1.82) is 0 Å². The van der Waals surface area contributed by atoms with Gasteiger partial charge in [0.15, 0.2) is 5.66 Å². The van der Waals surface area contributed by atoms with Crippen LogP contribution in [0.1, 0.15) is 38.3 Å². The topological polar surface area (TPSA) is 111 Å². The predicted molar refractivity (Wildman–Crippen MR) is 65.1 cm³/mol. The number of H-pyrrole nitrogens is 1. The first-order chi connectivity index (χ1) is 9.10. The Morgan fingerprint density at radius 3 is 3.00 bits per heavy atom. The number of nitrogens with one attached hydrogen (secondary N) is 2. The first-order valence-electron chi connectivity index (χ1n) is 6.28. The molecule has 0 aromatic carbocycles. The van der Waals surface area contributed by atoms with Gasteiger partial charge in [0.05, 0.1) is 6.20 Å². The van der Waals surface area contributed by atoms with Crippen LogP contribution in [0.5, 0.6) is 0 Å². The highest BCUT2D eigenvalue weighted by atomic mass is 16.4. The standard InChI is InChI=1S/C11H17N5O3/c1-2-4-9(17)13-11(8-7-12-15-14-8)5-3-6-16(11)10(18)19/h7H,2-6H2,1H3,(H,13,17)(H,18,19)(H,12,14,15). The molecular weight excluding hydrogens is 250 g/mol. The molecule has 0 radical (unpaired) electrons. The number of nitrogens with zero attached hydrogens (tertiary/aromatic N) is 3. The van der Waals surface area contributed by atoms with Crippen LogP contribution in [-0.4, -0.2) is 44.0 Å². The molecule has 8 nitrogen and oxygen atoms in total. The van der Waals surface area contributed by atoms with Crippen LogP contribution in [0, 0.1) is 0 Å². The van der Waals surface area contributed by atoms with Crippen LogP contribution in [0.15, 0.2) is 6.20 Å². The second kappa shape index (κ2) is 5.25. The molecule has 2 amide bonds. The summed E-state index contributed by atoms with van der Waals surface area (Å²) in [6.45, 7) is 2.26. The summed E-state index contributed by atoms with van der Waals surface area (Å²) >= 11 is 0. The number of hydrogen-bond acceptors (Lipinski definition) is 4. The van der Waals surface area contributed by atoms with E-state index in [-0.39, 0.29) is 5.91 Å². The first kappa shape index (κ1) is 13.3. The van der Waals surface area contributed by atoms with E-state index in [4.69, 9.17) is 0 Å². The summed E-state index contributed by atoms with van der Waals surface area (Å²) in [5.41, 5.74) is -0.665. The van der Waals surface area contributed by atoms with Gasteiger partial charge < -0.3 is 10.4 Å². The van der Waals surface area contributed by atoms with E-state index < -0.39 is 11.8 Å². The third-order valence-corrected chi connectivity index (χ3v) is 3.27. The lowest BCUT2D eigenvalue weighted by Gasteiger charge is -2.35. The van der Waals surface area contributed by atoms with E-state index in [0.29, 0.717) is 37.9 Å². The molecule has 0 spiro atoms. The Morgan fingerprint density at radius 2 is 2.42 bits per heavy atom. The van der Waals surface area contributed by atoms with E-state index in [1.807, 2.05) is 6.92 Å². The highest BCUT2D eigenvalue weighted by molar-refractivity contribution is 5.78. The lowest BCUT2D eigenvalue weighted by Crippen LogP contribution is -2.56. The van der Waals surface area contributed by atoms with E-state index in [1.54, 1.807) is 0 Å². The molecule has 1 aromatic heterocycles. The number of carbonyl (C=O) groups excluding carboxylic acids is 1. The predicted octanol–water partition coefficient (Wildman–Crippen LogP) is 0.648. The Bertz CT molecular complexity index is 461. The van der Waals surface area contributed by atoms with Gasteiger partial charge in [-0.15, -0.1) is 0 Å². The van der Waals surface area contributed by atoms with E-state index in [9.17, 15) is 14.7 Å². The number of aromatic nitrogens is 3. The van der Waals surface area contributed by atoms with Gasteiger partial charge in [-0.1, -0.05) is 6.92 Å². The van der Waals surface area contributed by atoms with Crippen molar-refractivity contribution in [3.05, 3.63) is 11.9 Å². The summed E-state index contributed by atoms with van der Waals surface area (Å²) < 4.78 is 0. The van der Waals surface area contributed by atoms with Crippen molar-refractivity contribution in [2.45, 2.75) is 38.3 Å². The first-order valence-corrected chi connectivity index (χ1v) is 6.28. The summed E-state index contributed by atoms with van der Waals surface area (Å²) in [4.78, 5) is 24.5. The van der Waals surface area contributed by atoms with Gasteiger partial charge in [0.1, 0.15) is 5.69 Å². The van der Waals surface area contributed by atoms with Crippen LogP contribution in [0.3, 0.4) is 0 Å². The zero-order valence-electron chi connectivity index (χ0n) is 10.7. The third-order valence-electron chi connectivity index (χ3n) is 3.27. The molecule has 1 atom stereocenters. The Hall–Kier alpha value is -2.12. The molecule has 1 fully saturated rings. The summed E-state index contributed by atoms with van der Waals surface area (Å²) in [6, 6.07) is 0. The Morgan fingerprint density at radius 1 is 1.63 bits per heavy atom. The number of amides is 2.